The number of hydrogen-bond donors (Lipinski definition) is 1. The molecular weight excluding hydrogens is 300 g/mol. The molecule has 0 unspecified atom stereocenters. The van der Waals surface area contributed by atoms with E-state index in [4.69, 9.17) is 4.74 Å². The number of nitro groups is 1. The Balaban J connectivity index is 2.56. The average molecular weight is 318 g/mol. The molecule has 1 rings (SSSR count). The summed E-state index contributed by atoms with van der Waals surface area (Å²) in [4.78, 5) is 32.3. The largest absolute Gasteiger partial charge is 0.444 e. The lowest BCUT2D eigenvalue weighted by Gasteiger charge is -2.19. The monoisotopic (exact) mass is 318 g/mol. The average Bonchev–Trinajstić information content (AvgIpc) is 2.44. The number of nitro benzene ring substituents is 1. The van der Waals surface area contributed by atoms with Crippen LogP contribution in [0.5, 0.6) is 0 Å². The zero-order valence-electron chi connectivity index (χ0n) is 13.2. The molecule has 7 nitrogen and oxygen atoms in total. The van der Waals surface area contributed by atoms with E-state index < -0.39 is 16.6 Å². The summed E-state index contributed by atoms with van der Waals surface area (Å²) in [5.74, 6) is 5.60. The number of benzene rings is 1. The van der Waals surface area contributed by atoms with Gasteiger partial charge in [-0.25, -0.2) is 4.79 Å². The Morgan fingerprint density at radius 2 is 2.13 bits per heavy atom. The zero-order valence-corrected chi connectivity index (χ0v) is 13.2. The molecule has 1 amide bonds. The first-order chi connectivity index (χ1) is 10.7. The van der Waals surface area contributed by atoms with Crippen molar-refractivity contribution in [2.24, 2.45) is 0 Å². The second-order valence-electron chi connectivity index (χ2n) is 5.63. The quantitative estimate of drug-likeness (QED) is 0.302. The van der Waals surface area contributed by atoms with Crippen molar-refractivity contribution in [3.05, 3.63) is 39.4 Å². The second kappa shape index (κ2) is 7.94. The molecule has 23 heavy (non-hydrogen) atoms. The van der Waals surface area contributed by atoms with E-state index in [1.54, 1.807) is 20.8 Å². The van der Waals surface area contributed by atoms with Crippen LogP contribution in [0, 0.1) is 22.0 Å². The van der Waals surface area contributed by atoms with Gasteiger partial charge in [0.05, 0.1) is 10.5 Å². The van der Waals surface area contributed by atoms with Gasteiger partial charge in [-0.15, -0.1) is 0 Å². The normalized spacial score (nSPS) is 10.2. The van der Waals surface area contributed by atoms with E-state index >= 15 is 0 Å². The third kappa shape index (κ3) is 6.61. The summed E-state index contributed by atoms with van der Waals surface area (Å²) in [7, 11) is 0. The summed E-state index contributed by atoms with van der Waals surface area (Å²) in [6, 6.07) is 4.07. The summed E-state index contributed by atoms with van der Waals surface area (Å²) >= 11 is 0. The van der Waals surface area contributed by atoms with Crippen molar-refractivity contribution in [3.63, 3.8) is 0 Å². The van der Waals surface area contributed by atoms with E-state index in [9.17, 15) is 19.7 Å². The van der Waals surface area contributed by atoms with Crippen molar-refractivity contribution in [2.45, 2.75) is 32.8 Å². The van der Waals surface area contributed by atoms with Crippen LogP contribution < -0.4 is 5.32 Å². The number of carbonyl (C=O) groups excluding carboxylic acids is 2. The van der Waals surface area contributed by atoms with Crippen LogP contribution in [0.3, 0.4) is 0 Å². The van der Waals surface area contributed by atoms with Gasteiger partial charge in [-0.1, -0.05) is 11.8 Å². The highest BCUT2D eigenvalue weighted by Gasteiger charge is 2.15. The predicted molar refractivity (Wildman–Crippen MR) is 84.2 cm³/mol. The Labute approximate surface area is 134 Å². The third-order valence-corrected chi connectivity index (χ3v) is 2.50. The summed E-state index contributed by atoms with van der Waals surface area (Å²) < 4.78 is 5.07. The van der Waals surface area contributed by atoms with Crippen LogP contribution in [0.15, 0.2) is 18.2 Å². The highest BCUT2D eigenvalue weighted by atomic mass is 16.6. The molecule has 0 aromatic heterocycles. The van der Waals surface area contributed by atoms with Gasteiger partial charge in [0.2, 0.25) is 0 Å². The van der Waals surface area contributed by atoms with E-state index in [0.717, 1.165) is 0 Å². The van der Waals surface area contributed by atoms with Gasteiger partial charge in [-0.3, -0.25) is 14.9 Å². The van der Waals surface area contributed by atoms with Gasteiger partial charge >= 0.3 is 6.09 Å². The summed E-state index contributed by atoms with van der Waals surface area (Å²) in [6.07, 6.45) is 0.290. The van der Waals surface area contributed by atoms with E-state index in [1.165, 1.54) is 18.2 Å². The molecule has 0 atom stereocenters. The molecule has 7 heteroatoms. The highest BCUT2D eigenvalue weighted by Crippen LogP contribution is 2.17. The minimum Gasteiger partial charge on any atom is -0.444 e. The van der Waals surface area contributed by atoms with Gasteiger partial charge in [-0.2, -0.15) is 0 Å². The molecule has 0 heterocycles. The minimum absolute atomic E-state index is 0.0197. The standard InChI is InChI=1S/C16H18N2O5/c1-16(2,3)23-15(20)17-9-5-4-6-12-7-8-14(18(21)22)13(10-12)11-19/h7-8,10-11H,5,9H2,1-3H3,(H,17,20). The Morgan fingerprint density at radius 1 is 1.43 bits per heavy atom. The number of hydrogen-bond acceptors (Lipinski definition) is 5. The first-order valence-electron chi connectivity index (χ1n) is 6.92. The molecular formula is C16H18N2O5. The Bertz CT molecular complexity index is 665. The molecule has 0 radical (unpaired) electrons. The third-order valence-electron chi connectivity index (χ3n) is 2.50. The van der Waals surface area contributed by atoms with Crippen molar-refractivity contribution in [1.82, 2.24) is 5.32 Å². The number of ether oxygens (including phenoxy) is 1. The summed E-state index contributed by atoms with van der Waals surface area (Å²) in [5.41, 5.74) is -0.333. The van der Waals surface area contributed by atoms with Crippen LogP contribution >= 0.6 is 0 Å². The molecule has 1 N–H and O–H groups in total. The fourth-order valence-corrected chi connectivity index (χ4v) is 1.60. The zero-order chi connectivity index (χ0) is 17.5. The van der Waals surface area contributed by atoms with Crippen LogP contribution in [-0.4, -0.2) is 29.4 Å². The number of aldehydes is 1. The van der Waals surface area contributed by atoms with Crippen molar-refractivity contribution < 1.29 is 19.2 Å². The number of nitrogens with zero attached hydrogens (tertiary/aromatic N) is 1. The van der Waals surface area contributed by atoms with Crippen LogP contribution in [0.1, 0.15) is 43.1 Å². The van der Waals surface area contributed by atoms with Crippen LogP contribution in [-0.2, 0) is 4.74 Å². The molecule has 1 aromatic carbocycles. The number of carbonyl (C=O) groups is 2. The van der Waals surface area contributed by atoms with E-state index in [2.05, 4.69) is 17.2 Å². The molecule has 0 aliphatic rings. The molecule has 0 fully saturated rings. The first kappa shape index (κ1) is 18.2. The smallest absolute Gasteiger partial charge is 0.407 e. The Hall–Kier alpha value is -2.88. The maximum Gasteiger partial charge on any atom is 0.407 e. The SMILES string of the molecule is CC(C)(C)OC(=O)NCCC#Cc1ccc([N+](=O)[O-])c(C=O)c1. The lowest BCUT2D eigenvalue weighted by molar-refractivity contribution is -0.385. The molecule has 0 spiro atoms. The molecule has 0 bridgehead atoms. The van der Waals surface area contributed by atoms with Crippen molar-refractivity contribution in [2.75, 3.05) is 6.54 Å². The van der Waals surface area contributed by atoms with Crippen LogP contribution in [0.2, 0.25) is 0 Å². The van der Waals surface area contributed by atoms with Crippen molar-refractivity contribution >= 4 is 18.1 Å². The van der Waals surface area contributed by atoms with E-state index in [1.807, 2.05) is 0 Å². The fraction of sp³-hybridized carbons (Fsp3) is 0.375. The molecule has 0 aliphatic carbocycles. The molecule has 0 saturated carbocycles. The second-order valence-corrected chi connectivity index (χ2v) is 5.63. The lowest BCUT2D eigenvalue weighted by atomic mass is 10.1. The van der Waals surface area contributed by atoms with Gasteiger partial charge in [-0.05, 0) is 32.9 Å². The van der Waals surface area contributed by atoms with Crippen molar-refractivity contribution in [3.8, 4) is 11.8 Å². The Morgan fingerprint density at radius 3 is 2.70 bits per heavy atom. The van der Waals surface area contributed by atoms with E-state index in [0.29, 0.717) is 24.8 Å². The molecule has 122 valence electrons. The van der Waals surface area contributed by atoms with Gasteiger partial charge in [0.25, 0.3) is 5.69 Å². The Kier molecular flexibility index (Phi) is 6.27. The molecule has 0 aliphatic heterocycles. The topological polar surface area (TPSA) is 98.5 Å². The fourth-order valence-electron chi connectivity index (χ4n) is 1.60. The number of nitrogens with one attached hydrogen (secondary N) is 1. The van der Waals surface area contributed by atoms with Crippen molar-refractivity contribution in [1.29, 1.82) is 0 Å². The van der Waals surface area contributed by atoms with Gasteiger partial charge < -0.3 is 10.1 Å². The highest BCUT2D eigenvalue weighted by molar-refractivity contribution is 5.82. The molecule has 0 saturated heterocycles. The van der Waals surface area contributed by atoms with Gasteiger partial charge in [0, 0.05) is 24.6 Å². The van der Waals surface area contributed by atoms with Crippen LogP contribution in [0.25, 0.3) is 0 Å². The minimum atomic E-state index is -0.619. The van der Waals surface area contributed by atoms with Gasteiger partial charge in [0.15, 0.2) is 6.29 Å². The van der Waals surface area contributed by atoms with Gasteiger partial charge in [0.1, 0.15) is 5.60 Å². The number of amides is 1. The number of rotatable bonds is 4. The van der Waals surface area contributed by atoms with E-state index in [-0.39, 0.29) is 11.3 Å². The summed E-state index contributed by atoms with van der Waals surface area (Å²) in [5, 5.41) is 13.3. The first-order valence-corrected chi connectivity index (χ1v) is 6.92. The van der Waals surface area contributed by atoms with Crippen LogP contribution in [0.4, 0.5) is 10.5 Å². The predicted octanol–water partition coefficient (Wildman–Crippen LogP) is 2.67. The lowest BCUT2D eigenvalue weighted by Crippen LogP contribution is -2.32. The maximum absolute atomic E-state index is 11.4. The maximum atomic E-state index is 11.4. The number of alkyl carbamates (subject to hydrolysis) is 1. The summed E-state index contributed by atoms with van der Waals surface area (Å²) in [6.45, 7) is 5.62. The molecule has 1 aromatic rings.